The molecule has 0 saturated carbocycles. The van der Waals surface area contributed by atoms with Crippen LogP contribution in [0.2, 0.25) is 0 Å². The molecule has 2 aromatic carbocycles. The number of aryl methyl sites for hydroxylation is 1. The highest BCUT2D eigenvalue weighted by atomic mass is 79.9. The van der Waals surface area contributed by atoms with E-state index < -0.39 is 0 Å². The van der Waals surface area contributed by atoms with Crippen molar-refractivity contribution in [2.75, 3.05) is 21.3 Å². The minimum atomic E-state index is -0.00338. The summed E-state index contributed by atoms with van der Waals surface area (Å²) in [6, 6.07) is 12.0. The smallest absolute Gasteiger partial charge is 0.123 e. The zero-order chi connectivity index (χ0) is 15.4. The molecule has 2 aromatic rings. The van der Waals surface area contributed by atoms with Crippen LogP contribution in [0, 0.1) is 6.92 Å². The molecule has 0 fully saturated rings. The Balaban J connectivity index is 2.48. The predicted molar refractivity (Wildman–Crippen MR) is 88.0 cm³/mol. The van der Waals surface area contributed by atoms with Gasteiger partial charge in [-0.15, -0.1) is 0 Å². The fourth-order valence-corrected chi connectivity index (χ4v) is 2.83. The lowest BCUT2D eigenvalue weighted by Crippen LogP contribution is -1.99. The van der Waals surface area contributed by atoms with Crippen LogP contribution < -0.4 is 14.2 Å². The molecule has 0 aliphatic rings. The van der Waals surface area contributed by atoms with Crippen LogP contribution in [-0.4, -0.2) is 21.3 Å². The number of halogens is 1. The van der Waals surface area contributed by atoms with Gasteiger partial charge in [0.2, 0.25) is 0 Å². The molecule has 3 nitrogen and oxygen atoms in total. The maximum absolute atomic E-state index is 5.46. The third-order valence-electron chi connectivity index (χ3n) is 3.32. The quantitative estimate of drug-likeness (QED) is 0.742. The van der Waals surface area contributed by atoms with Gasteiger partial charge in [0.15, 0.2) is 0 Å². The van der Waals surface area contributed by atoms with Crippen molar-refractivity contribution >= 4 is 15.9 Å². The SMILES string of the molecule is COc1cc(OC)cc(C(Br)c2cc(C)ccc2OC)c1. The fourth-order valence-electron chi connectivity index (χ4n) is 2.21. The summed E-state index contributed by atoms with van der Waals surface area (Å²) in [7, 11) is 4.98. The van der Waals surface area contributed by atoms with Gasteiger partial charge in [0.1, 0.15) is 17.2 Å². The van der Waals surface area contributed by atoms with Crippen molar-refractivity contribution in [3.05, 3.63) is 53.1 Å². The predicted octanol–water partition coefficient (Wildman–Crippen LogP) is 4.51. The monoisotopic (exact) mass is 350 g/mol. The van der Waals surface area contributed by atoms with Crippen molar-refractivity contribution < 1.29 is 14.2 Å². The highest BCUT2D eigenvalue weighted by molar-refractivity contribution is 9.09. The maximum Gasteiger partial charge on any atom is 0.123 e. The first-order valence-corrected chi connectivity index (χ1v) is 7.52. The number of rotatable bonds is 5. The molecule has 0 radical (unpaired) electrons. The highest BCUT2D eigenvalue weighted by Crippen LogP contribution is 2.39. The zero-order valence-corrected chi connectivity index (χ0v) is 14.2. The Morgan fingerprint density at radius 2 is 1.48 bits per heavy atom. The molecule has 0 amide bonds. The van der Waals surface area contributed by atoms with E-state index in [1.807, 2.05) is 30.3 Å². The Hall–Kier alpha value is -1.68. The first-order valence-electron chi connectivity index (χ1n) is 6.60. The summed E-state index contributed by atoms with van der Waals surface area (Å²) in [5.74, 6) is 2.38. The Labute approximate surface area is 134 Å². The summed E-state index contributed by atoms with van der Waals surface area (Å²) in [5.41, 5.74) is 3.31. The third-order valence-corrected chi connectivity index (χ3v) is 4.35. The van der Waals surface area contributed by atoms with Crippen LogP contribution in [-0.2, 0) is 0 Å². The van der Waals surface area contributed by atoms with Crippen molar-refractivity contribution in [3.63, 3.8) is 0 Å². The normalized spacial score (nSPS) is 11.9. The first-order chi connectivity index (χ1) is 10.1. The second-order valence-electron chi connectivity index (χ2n) is 4.75. The van der Waals surface area contributed by atoms with Gasteiger partial charge < -0.3 is 14.2 Å². The number of methoxy groups -OCH3 is 3. The average Bonchev–Trinajstić information content (AvgIpc) is 2.53. The topological polar surface area (TPSA) is 27.7 Å². The molecule has 0 saturated heterocycles. The Kier molecular flexibility index (Phi) is 5.12. The summed E-state index contributed by atoms with van der Waals surface area (Å²) in [4.78, 5) is -0.00338. The van der Waals surface area contributed by atoms with Crippen LogP contribution in [0.4, 0.5) is 0 Å². The molecule has 0 aliphatic carbocycles. The number of benzene rings is 2. The van der Waals surface area contributed by atoms with E-state index in [4.69, 9.17) is 14.2 Å². The van der Waals surface area contributed by atoms with Crippen molar-refractivity contribution in [2.45, 2.75) is 11.8 Å². The molecule has 0 N–H and O–H groups in total. The minimum Gasteiger partial charge on any atom is -0.497 e. The van der Waals surface area contributed by atoms with Crippen molar-refractivity contribution in [2.24, 2.45) is 0 Å². The molecule has 1 atom stereocenters. The molecule has 112 valence electrons. The molecule has 0 heterocycles. The van der Waals surface area contributed by atoms with Gasteiger partial charge in [0, 0.05) is 11.6 Å². The van der Waals surface area contributed by atoms with Crippen LogP contribution >= 0.6 is 15.9 Å². The van der Waals surface area contributed by atoms with E-state index in [1.54, 1.807) is 21.3 Å². The van der Waals surface area contributed by atoms with E-state index in [-0.39, 0.29) is 4.83 Å². The van der Waals surface area contributed by atoms with Gasteiger partial charge in [0.05, 0.1) is 26.2 Å². The fraction of sp³-hybridized carbons (Fsp3) is 0.294. The van der Waals surface area contributed by atoms with E-state index in [0.717, 1.165) is 28.4 Å². The largest absolute Gasteiger partial charge is 0.497 e. The zero-order valence-electron chi connectivity index (χ0n) is 12.6. The molecule has 0 aliphatic heterocycles. The van der Waals surface area contributed by atoms with Crippen molar-refractivity contribution in [1.29, 1.82) is 0 Å². The number of alkyl halides is 1. The van der Waals surface area contributed by atoms with E-state index in [2.05, 4.69) is 28.9 Å². The summed E-state index contributed by atoms with van der Waals surface area (Å²) in [6.07, 6.45) is 0. The Bertz CT molecular complexity index is 603. The van der Waals surface area contributed by atoms with Gasteiger partial charge in [0.25, 0.3) is 0 Å². The van der Waals surface area contributed by atoms with Crippen LogP contribution in [0.1, 0.15) is 21.5 Å². The maximum atomic E-state index is 5.46. The number of hydrogen-bond acceptors (Lipinski definition) is 3. The Morgan fingerprint density at radius 1 is 0.857 bits per heavy atom. The lowest BCUT2D eigenvalue weighted by atomic mass is 10.0. The van der Waals surface area contributed by atoms with Gasteiger partial charge in [-0.25, -0.2) is 0 Å². The lowest BCUT2D eigenvalue weighted by molar-refractivity contribution is 0.393. The molecule has 1 unspecified atom stereocenters. The summed E-state index contributed by atoms with van der Waals surface area (Å²) in [5, 5.41) is 0. The first kappa shape index (κ1) is 15.7. The summed E-state index contributed by atoms with van der Waals surface area (Å²) in [6.45, 7) is 2.06. The van der Waals surface area contributed by atoms with Gasteiger partial charge in [-0.3, -0.25) is 0 Å². The molecule has 2 rings (SSSR count). The second-order valence-corrected chi connectivity index (χ2v) is 5.67. The molecule has 4 heteroatoms. The lowest BCUT2D eigenvalue weighted by Gasteiger charge is -2.17. The van der Waals surface area contributed by atoms with Crippen molar-refractivity contribution in [3.8, 4) is 17.2 Å². The second kappa shape index (κ2) is 6.85. The molecule has 0 bridgehead atoms. The highest BCUT2D eigenvalue weighted by Gasteiger charge is 2.17. The molecule has 0 aromatic heterocycles. The molecule has 21 heavy (non-hydrogen) atoms. The average molecular weight is 351 g/mol. The molecular weight excluding hydrogens is 332 g/mol. The van der Waals surface area contributed by atoms with E-state index >= 15 is 0 Å². The van der Waals surface area contributed by atoms with E-state index in [1.165, 1.54) is 5.56 Å². The van der Waals surface area contributed by atoms with Crippen LogP contribution in [0.25, 0.3) is 0 Å². The van der Waals surface area contributed by atoms with Crippen LogP contribution in [0.15, 0.2) is 36.4 Å². The van der Waals surface area contributed by atoms with Gasteiger partial charge >= 0.3 is 0 Å². The summed E-state index contributed by atoms with van der Waals surface area (Å²) < 4.78 is 16.1. The van der Waals surface area contributed by atoms with Gasteiger partial charge in [-0.05, 0) is 30.7 Å². The van der Waals surface area contributed by atoms with Crippen LogP contribution in [0.3, 0.4) is 0 Å². The van der Waals surface area contributed by atoms with Crippen molar-refractivity contribution in [1.82, 2.24) is 0 Å². The van der Waals surface area contributed by atoms with Crippen LogP contribution in [0.5, 0.6) is 17.2 Å². The standard InChI is InChI=1S/C17H19BrO3/c1-11-5-6-16(21-4)15(7-11)17(18)12-8-13(19-2)10-14(9-12)20-3/h5-10,17H,1-4H3. The van der Waals surface area contributed by atoms with Gasteiger partial charge in [-0.1, -0.05) is 33.6 Å². The minimum absolute atomic E-state index is 0.00338. The Morgan fingerprint density at radius 3 is 2.00 bits per heavy atom. The van der Waals surface area contributed by atoms with E-state index in [9.17, 15) is 0 Å². The third kappa shape index (κ3) is 3.50. The number of hydrogen-bond donors (Lipinski definition) is 0. The number of ether oxygens (including phenoxy) is 3. The van der Waals surface area contributed by atoms with E-state index in [0.29, 0.717) is 0 Å². The summed E-state index contributed by atoms with van der Waals surface area (Å²) >= 11 is 3.76. The molecule has 0 spiro atoms. The van der Waals surface area contributed by atoms with Gasteiger partial charge in [-0.2, -0.15) is 0 Å². The molecular formula is C17H19BrO3.